The third-order valence-electron chi connectivity index (χ3n) is 3.76. The zero-order valence-corrected chi connectivity index (χ0v) is 12.7. The van der Waals surface area contributed by atoms with Crippen LogP contribution in [0.1, 0.15) is 24.8 Å². The zero-order chi connectivity index (χ0) is 16.1. The fourth-order valence-corrected chi connectivity index (χ4v) is 2.63. The molecule has 2 aromatic rings. The summed E-state index contributed by atoms with van der Waals surface area (Å²) in [6.45, 7) is 1.75. The summed E-state index contributed by atoms with van der Waals surface area (Å²) in [6, 6.07) is 9.34. The number of halogens is 1. The van der Waals surface area contributed by atoms with Crippen LogP contribution in [0.5, 0.6) is 11.6 Å². The van der Waals surface area contributed by atoms with Crippen molar-refractivity contribution in [2.75, 3.05) is 13.1 Å². The molecule has 5 nitrogen and oxygen atoms in total. The predicted octanol–water partition coefficient (Wildman–Crippen LogP) is 3.63. The molecule has 0 unspecified atom stereocenters. The van der Waals surface area contributed by atoms with Crippen molar-refractivity contribution in [3.63, 3.8) is 0 Å². The summed E-state index contributed by atoms with van der Waals surface area (Å²) in [4.78, 5) is 6.25. The van der Waals surface area contributed by atoms with Crippen LogP contribution in [-0.2, 0) is 0 Å². The number of amidine groups is 1. The lowest BCUT2D eigenvalue weighted by Gasteiger charge is -2.28. The number of aromatic nitrogens is 1. The van der Waals surface area contributed by atoms with Crippen LogP contribution in [0.25, 0.3) is 0 Å². The summed E-state index contributed by atoms with van der Waals surface area (Å²) >= 11 is 0. The van der Waals surface area contributed by atoms with Gasteiger partial charge in [-0.25, -0.2) is 9.37 Å². The molecule has 0 bridgehead atoms. The van der Waals surface area contributed by atoms with Crippen molar-refractivity contribution in [1.82, 2.24) is 9.88 Å². The average molecular weight is 315 g/mol. The van der Waals surface area contributed by atoms with Crippen LogP contribution in [0.15, 0.2) is 47.8 Å². The van der Waals surface area contributed by atoms with Crippen LogP contribution in [0.4, 0.5) is 4.39 Å². The number of hydrogen-bond donors (Lipinski definition) is 1. The van der Waals surface area contributed by atoms with Gasteiger partial charge in [0.05, 0.1) is 0 Å². The largest absolute Gasteiger partial charge is 0.439 e. The van der Waals surface area contributed by atoms with E-state index >= 15 is 0 Å². The number of nitrogens with zero attached hydrogens (tertiary/aromatic N) is 3. The van der Waals surface area contributed by atoms with Crippen LogP contribution < -0.4 is 4.74 Å². The lowest BCUT2D eigenvalue weighted by molar-refractivity contribution is 0.286. The Kier molecular flexibility index (Phi) is 4.71. The lowest BCUT2D eigenvalue weighted by Crippen LogP contribution is -2.36. The first kappa shape index (κ1) is 15.3. The SMILES string of the molecule is O/N=C(/c1ccc(Oc2cccc(F)c2)nc1)N1CCCCC1. The monoisotopic (exact) mass is 315 g/mol. The summed E-state index contributed by atoms with van der Waals surface area (Å²) in [5.41, 5.74) is 0.723. The van der Waals surface area contributed by atoms with Crippen molar-refractivity contribution < 1.29 is 14.3 Å². The second-order valence-corrected chi connectivity index (χ2v) is 5.42. The van der Waals surface area contributed by atoms with E-state index in [1.807, 2.05) is 4.90 Å². The Morgan fingerprint density at radius 2 is 2.00 bits per heavy atom. The molecular weight excluding hydrogens is 297 g/mol. The molecule has 1 aromatic heterocycles. The smallest absolute Gasteiger partial charge is 0.219 e. The van der Waals surface area contributed by atoms with Gasteiger partial charge in [-0.3, -0.25) is 0 Å². The first-order valence-corrected chi connectivity index (χ1v) is 7.63. The third kappa shape index (κ3) is 3.77. The highest BCUT2D eigenvalue weighted by molar-refractivity contribution is 5.98. The number of benzene rings is 1. The number of piperidine rings is 1. The first-order valence-electron chi connectivity index (χ1n) is 7.63. The van der Waals surface area contributed by atoms with Crippen molar-refractivity contribution in [3.05, 3.63) is 54.0 Å². The van der Waals surface area contributed by atoms with E-state index in [1.165, 1.54) is 18.6 Å². The fourth-order valence-electron chi connectivity index (χ4n) is 2.63. The topological polar surface area (TPSA) is 58.0 Å². The second kappa shape index (κ2) is 7.09. The minimum Gasteiger partial charge on any atom is -0.439 e. The van der Waals surface area contributed by atoms with Gasteiger partial charge in [-0.2, -0.15) is 0 Å². The van der Waals surface area contributed by atoms with E-state index in [-0.39, 0.29) is 5.82 Å². The average Bonchev–Trinajstić information content (AvgIpc) is 2.58. The number of hydrogen-bond acceptors (Lipinski definition) is 4. The van der Waals surface area contributed by atoms with Gasteiger partial charge in [0.2, 0.25) is 5.88 Å². The molecule has 23 heavy (non-hydrogen) atoms. The molecule has 0 radical (unpaired) electrons. The van der Waals surface area contributed by atoms with Crippen molar-refractivity contribution in [2.45, 2.75) is 19.3 Å². The second-order valence-electron chi connectivity index (χ2n) is 5.42. The number of ether oxygens (including phenoxy) is 1. The number of likely N-dealkylation sites (tertiary alicyclic amines) is 1. The van der Waals surface area contributed by atoms with Crippen LogP contribution in [0.3, 0.4) is 0 Å². The van der Waals surface area contributed by atoms with Crippen molar-refractivity contribution in [2.24, 2.45) is 5.16 Å². The summed E-state index contributed by atoms with van der Waals surface area (Å²) in [5.74, 6) is 0.904. The van der Waals surface area contributed by atoms with Crippen molar-refractivity contribution in [3.8, 4) is 11.6 Å². The molecule has 1 aliphatic rings. The highest BCUT2D eigenvalue weighted by Gasteiger charge is 2.17. The maximum absolute atomic E-state index is 13.1. The minimum absolute atomic E-state index is 0.357. The van der Waals surface area contributed by atoms with E-state index < -0.39 is 0 Å². The van der Waals surface area contributed by atoms with E-state index in [2.05, 4.69) is 10.1 Å². The maximum atomic E-state index is 13.1. The summed E-state index contributed by atoms with van der Waals surface area (Å²) in [6.07, 6.45) is 4.98. The van der Waals surface area contributed by atoms with Gasteiger partial charge in [0, 0.05) is 37.0 Å². The van der Waals surface area contributed by atoms with Crippen LogP contribution in [0.2, 0.25) is 0 Å². The Morgan fingerprint density at radius 3 is 2.65 bits per heavy atom. The summed E-state index contributed by atoms with van der Waals surface area (Å²) in [5, 5.41) is 12.7. The minimum atomic E-state index is -0.362. The lowest BCUT2D eigenvalue weighted by atomic mass is 10.1. The molecule has 3 rings (SSSR count). The molecule has 120 valence electrons. The van der Waals surface area contributed by atoms with Crippen LogP contribution in [0, 0.1) is 5.82 Å². The molecule has 1 saturated heterocycles. The highest BCUT2D eigenvalue weighted by Crippen LogP contribution is 2.21. The normalized spacial score (nSPS) is 15.5. The molecule has 2 heterocycles. The number of rotatable bonds is 3. The van der Waals surface area contributed by atoms with Gasteiger partial charge in [0.15, 0.2) is 5.84 Å². The van der Waals surface area contributed by atoms with E-state index in [4.69, 9.17) is 4.74 Å². The number of pyridine rings is 1. The molecule has 0 atom stereocenters. The quantitative estimate of drug-likeness (QED) is 0.407. The number of oxime groups is 1. The van der Waals surface area contributed by atoms with Crippen molar-refractivity contribution >= 4 is 5.84 Å². The predicted molar refractivity (Wildman–Crippen MR) is 84.5 cm³/mol. The van der Waals surface area contributed by atoms with E-state index in [0.29, 0.717) is 17.5 Å². The molecular formula is C17H18FN3O2. The Labute approximate surface area is 134 Å². The highest BCUT2D eigenvalue weighted by atomic mass is 19.1. The van der Waals surface area contributed by atoms with Gasteiger partial charge >= 0.3 is 0 Å². The van der Waals surface area contributed by atoms with Gasteiger partial charge < -0.3 is 14.8 Å². The molecule has 1 aliphatic heterocycles. The van der Waals surface area contributed by atoms with E-state index in [0.717, 1.165) is 31.5 Å². The van der Waals surface area contributed by atoms with Gasteiger partial charge in [-0.05, 0) is 37.5 Å². The Hall–Kier alpha value is -2.63. The molecule has 1 N–H and O–H groups in total. The molecule has 0 aliphatic carbocycles. The molecule has 1 aromatic carbocycles. The molecule has 0 amide bonds. The van der Waals surface area contributed by atoms with Crippen LogP contribution >= 0.6 is 0 Å². The fraction of sp³-hybridized carbons (Fsp3) is 0.294. The summed E-state index contributed by atoms with van der Waals surface area (Å²) in [7, 11) is 0. The standard InChI is InChI=1S/C17H18FN3O2/c18-14-5-4-6-15(11-14)23-16-8-7-13(12-19-16)17(20-22)21-9-2-1-3-10-21/h4-8,11-12,22H,1-3,9-10H2/b20-17-. The van der Waals surface area contributed by atoms with Crippen molar-refractivity contribution in [1.29, 1.82) is 0 Å². The van der Waals surface area contributed by atoms with E-state index in [9.17, 15) is 9.60 Å². The summed E-state index contributed by atoms with van der Waals surface area (Å²) < 4.78 is 18.6. The Morgan fingerprint density at radius 1 is 1.17 bits per heavy atom. The third-order valence-corrected chi connectivity index (χ3v) is 3.76. The van der Waals surface area contributed by atoms with Gasteiger partial charge in [0.25, 0.3) is 0 Å². The molecule has 1 fully saturated rings. The Bertz CT molecular complexity index is 682. The van der Waals surface area contributed by atoms with Gasteiger partial charge in [-0.1, -0.05) is 11.2 Å². The molecule has 0 saturated carbocycles. The van der Waals surface area contributed by atoms with E-state index in [1.54, 1.807) is 30.5 Å². The first-order chi connectivity index (χ1) is 11.3. The van der Waals surface area contributed by atoms with Crippen LogP contribution in [-0.4, -0.2) is 34.0 Å². The van der Waals surface area contributed by atoms with Gasteiger partial charge in [0.1, 0.15) is 11.6 Å². The zero-order valence-electron chi connectivity index (χ0n) is 12.7. The maximum Gasteiger partial charge on any atom is 0.219 e. The molecule has 0 spiro atoms. The molecule has 6 heteroatoms. The van der Waals surface area contributed by atoms with Gasteiger partial charge in [-0.15, -0.1) is 0 Å². The Balaban J connectivity index is 1.73.